The lowest BCUT2D eigenvalue weighted by Gasteiger charge is -2.39. The molecule has 3 heteroatoms. The van der Waals surface area contributed by atoms with Crippen molar-refractivity contribution in [2.75, 3.05) is 4.90 Å². The van der Waals surface area contributed by atoms with Crippen LogP contribution in [-0.2, 0) is 10.8 Å². The van der Waals surface area contributed by atoms with Crippen LogP contribution in [0.5, 0.6) is 23.0 Å². The minimum atomic E-state index is -0.587. The van der Waals surface area contributed by atoms with E-state index in [-0.39, 0.29) is 0 Å². The molecule has 332 valence electrons. The Bertz CT molecular complexity index is 3860. The Morgan fingerprint density at radius 1 is 0.225 bits per heavy atom. The first-order valence-electron chi connectivity index (χ1n) is 24.5. The highest BCUT2D eigenvalue weighted by molar-refractivity contribution is 5.93. The smallest absolute Gasteiger partial charge is 0.132 e. The first kappa shape index (κ1) is 39.8. The average Bonchev–Trinajstić information content (AvgIpc) is 3.89. The highest BCUT2D eigenvalue weighted by Crippen LogP contribution is 2.64. The number of benzene rings is 11. The van der Waals surface area contributed by atoms with Gasteiger partial charge in [-0.25, -0.2) is 0 Å². The van der Waals surface area contributed by atoms with E-state index in [1.165, 1.54) is 66.8 Å². The third kappa shape index (κ3) is 5.54. The van der Waals surface area contributed by atoms with E-state index < -0.39 is 10.8 Å². The van der Waals surface area contributed by atoms with Crippen molar-refractivity contribution in [2.24, 2.45) is 0 Å². The molecule has 4 aliphatic rings. The van der Waals surface area contributed by atoms with E-state index in [4.69, 9.17) is 9.47 Å². The van der Waals surface area contributed by atoms with Crippen LogP contribution < -0.4 is 14.4 Å². The summed E-state index contributed by atoms with van der Waals surface area (Å²) in [7, 11) is 0. The summed E-state index contributed by atoms with van der Waals surface area (Å²) in [6, 6.07) is 95.1. The molecule has 0 fully saturated rings. The Kier molecular flexibility index (Phi) is 8.49. The maximum atomic E-state index is 6.69. The van der Waals surface area contributed by atoms with Crippen LogP contribution in [0.15, 0.2) is 261 Å². The molecule has 2 heterocycles. The molecule has 15 rings (SSSR count). The molecule has 0 amide bonds. The number of fused-ring (bicyclic) bond motifs is 18. The molecule has 11 aromatic carbocycles. The average molecular weight is 906 g/mol. The summed E-state index contributed by atoms with van der Waals surface area (Å²) in [5, 5.41) is 0. The summed E-state index contributed by atoms with van der Waals surface area (Å²) in [6.45, 7) is 0. The van der Waals surface area contributed by atoms with Crippen molar-refractivity contribution >= 4 is 17.1 Å². The van der Waals surface area contributed by atoms with Crippen LogP contribution in [0, 0.1) is 0 Å². The molecule has 11 aromatic rings. The largest absolute Gasteiger partial charge is 0.457 e. The summed E-state index contributed by atoms with van der Waals surface area (Å²) >= 11 is 0. The summed E-state index contributed by atoms with van der Waals surface area (Å²) in [5.74, 6) is 3.56. The van der Waals surface area contributed by atoms with Crippen LogP contribution >= 0.6 is 0 Å². The molecule has 71 heavy (non-hydrogen) atoms. The molecule has 0 unspecified atom stereocenters. The first-order valence-corrected chi connectivity index (χ1v) is 24.5. The normalized spacial score (nSPS) is 14.1. The zero-order valence-corrected chi connectivity index (χ0v) is 38.6. The summed E-state index contributed by atoms with van der Waals surface area (Å²) < 4.78 is 13.3. The number of hydrogen-bond donors (Lipinski definition) is 0. The van der Waals surface area contributed by atoms with Crippen molar-refractivity contribution in [3.05, 3.63) is 305 Å². The van der Waals surface area contributed by atoms with Crippen LogP contribution in [0.25, 0.3) is 44.5 Å². The van der Waals surface area contributed by atoms with E-state index in [1.807, 2.05) is 0 Å². The predicted molar refractivity (Wildman–Crippen MR) is 287 cm³/mol. The number of ether oxygens (including phenoxy) is 2. The molecular formula is C68H43NO2. The minimum Gasteiger partial charge on any atom is -0.457 e. The van der Waals surface area contributed by atoms with Crippen molar-refractivity contribution < 1.29 is 9.47 Å². The van der Waals surface area contributed by atoms with Crippen molar-refractivity contribution in [1.82, 2.24) is 0 Å². The lowest BCUT2D eigenvalue weighted by atomic mass is 9.66. The van der Waals surface area contributed by atoms with E-state index in [9.17, 15) is 0 Å². The first-order chi connectivity index (χ1) is 35.2. The Labute approximate surface area is 413 Å². The second kappa shape index (κ2) is 15.2. The summed E-state index contributed by atoms with van der Waals surface area (Å²) in [5.41, 5.74) is 21.5. The van der Waals surface area contributed by atoms with E-state index >= 15 is 0 Å². The molecule has 3 nitrogen and oxygen atoms in total. The van der Waals surface area contributed by atoms with Gasteiger partial charge >= 0.3 is 0 Å². The molecule has 0 saturated heterocycles. The molecule has 2 spiro atoms. The molecule has 0 N–H and O–H groups in total. The topological polar surface area (TPSA) is 21.7 Å². The molecule has 0 atom stereocenters. The highest BCUT2D eigenvalue weighted by Gasteiger charge is 2.52. The number of hydrogen-bond acceptors (Lipinski definition) is 3. The number of rotatable bonds is 5. The minimum absolute atomic E-state index is 0.536. The standard InChI is InChI=1S/C68H43NO2/c1-2-16-44(17-3-1)45-30-35-48(36-31-45)69(50-39-41-54-52-19-5-7-21-56(52)68(62(54)43-50)59-24-10-14-28-65(59)71-66-29-15-11-25-60(66)68)49-37-32-46(33-38-49)47-34-40-53-51-18-4-6-20-55(51)67(61(53)42-47)57-22-8-12-26-63(57)70-64-27-13-9-23-58(64)67/h1-43H. The maximum Gasteiger partial charge on any atom is 0.132 e. The third-order valence-corrected chi connectivity index (χ3v) is 15.6. The fourth-order valence-electron chi connectivity index (χ4n) is 12.7. The van der Waals surface area contributed by atoms with Gasteiger partial charge in [-0.3, -0.25) is 0 Å². The van der Waals surface area contributed by atoms with Crippen LogP contribution in [0.4, 0.5) is 17.1 Å². The predicted octanol–water partition coefficient (Wildman–Crippen LogP) is 17.4. The van der Waals surface area contributed by atoms with Gasteiger partial charge in [0.15, 0.2) is 0 Å². The van der Waals surface area contributed by atoms with Gasteiger partial charge in [-0.2, -0.15) is 0 Å². The van der Waals surface area contributed by atoms with Gasteiger partial charge in [-0.05, 0) is 133 Å². The number of nitrogens with zero attached hydrogens (tertiary/aromatic N) is 1. The van der Waals surface area contributed by atoms with Crippen molar-refractivity contribution in [1.29, 1.82) is 0 Å². The molecular weight excluding hydrogens is 863 g/mol. The fraction of sp³-hybridized carbons (Fsp3) is 0.0294. The zero-order chi connectivity index (χ0) is 46.7. The Balaban J connectivity index is 0.899. The Morgan fingerprint density at radius 2 is 0.549 bits per heavy atom. The van der Waals surface area contributed by atoms with Crippen LogP contribution in [0.3, 0.4) is 0 Å². The highest BCUT2D eigenvalue weighted by atomic mass is 16.5. The van der Waals surface area contributed by atoms with Gasteiger partial charge in [0.1, 0.15) is 23.0 Å². The lowest BCUT2D eigenvalue weighted by molar-refractivity contribution is 0.436. The zero-order valence-electron chi connectivity index (χ0n) is 38.6. The van der Waals surface area contributed by atoms with E-state index in [0.29, 0.717) is 0 Å². The van der Waals surface area contributed by atoms with E-state index in [2.05, 4.69) is 266 Å². The van der Waals surface area contributed by atoms with Crippen molar-refractivity contribution in [3.8, 4) is 67.5 Å². The molecule has 0 radical (unpaired) electrons. The molecule has 2 aliphatic carbocycles. The van der Waals surface area contributed by atoms with Gasteiger partial charge in [0.25, 0.3) is 0 Å². The Hall–Kier alpha value is -9.18. The fourth-order valence-corrected chi connectivity index (χ4v) is 12.7. The number of anilines is 3. The van der Waals surface area contributed by atoms with Gasteiger partial charge in [0.05, 0.1) is 10.8 Å². The van der Waals surface area contributed by atoms with Gasteiger partial charge in [0, 0.05) is 39.3 Å². The summed E-state index contributed by atoms with van der Waals surface area (Å²) in [4.78, 5) is 2.41. The third-order valence-electron chi connectivity index (χ3n) is 15.6. The molecule has 0 aromatic heterocycles. The van der Waals surface area contributed by atoms with Crippen molar-refractivity contribution in [3.63, 3.8) is 0 Å². The van der Waals surface area contributed by atoms with Crippen LogP contribution in [0.2, 0.25) is 0 Å². The lowest BCUT2D eigenvalue weighted by Crippen LogP contribution is -2.32. The Morgan fingerprint density at radius 3 is 1.03 bits per heavy atom. The van der Waals surface area contributed by atoms with Crippen LogP contribution in [-0.4, -0.2) is 0 Å². The molecule has 0 bridgehead atoms. The van der Waals surface area contributed by atoms with Gasteiger partial charge in [-0.1, -0.05) is 194 Å². The maximum absolute atomic E-state index is 6.69. The van der Waals surface area contributed by atoms with E-state index in [0.717, 1.165) is 62.3 Å². The molecule has 2 aliphatic heterocycles. The SMILES string of the molecule is c1ccc(-c2ccc(N(c3ccc(-c4ccc5c(c4)C4(c6ccccc6Oc6ccccc64)c4ccccc4-5)cc3)c3ccc4c(c3)C3(c5ccccc5Oc5ccccc53)c3ccccc3-4)cc2)cc1. The van der Waals surface area contributed by atoms with Gasteiger partial charge in [-0.15, -0.1) is 0 Å². The van der Waals surface area contributed by atoms with Gasteiger partial charge in [0.2, 0.25) is 0 Å². The van der Waals surface area contributed by atoms with Crippen molar-refractivity contribution in [2.45, 2.75) is 10.8 Å². The van der Waals surface area contributed by atoms with E-state index in [1.54, 1.807) is 0 Å². The quantitative estimate of drug-likeness (QED) is 0.172. The molecule has 0 saturated carbocycles. The summed E-state index contributed by atoms with van der Waals surface area (Å²) in [6.07, 6.45) is 0. The second-order valence-corrected chi connectivity index (χ2v) is 19.1. The number of para-hydroxylation sites is 4. The second-order valence-electron chi connectivity index (χ2n) is 19.1. The van der Waals surface area contributed by atoms with Crippen LogP contribution in [0.1, 0.15) is 44.5 Å². The van der Waals surface area contributed by atoms with Gasteiger partial charge < -0.3 is 14.4 Å². The monoisotopic (exact) mass is 905 g/mol.